The summed E-state index contributed by atoms with van der Waals surface area (Å²) in [7, 11) is 0. The number of nitro groups is 1. The molecule has 0 saturated heterocycles. The molecule has 7 heteroatoms. The maximum atomic E-state index is 12.2. The third kappa shape index (κ3) is 3.61. The minimum Gasteiger partial charge on any atom is -0.493 e. The number of aliphatic hydroxyl groups excluding tert-OH is 1. The van der Waals surface area contributed by atoms with Crippen molar-refractivity contribution in [2.24, 2.45) is 0 Å². The van der Waals surface area contributed by atoms with Crippen molar-refractivity contribution in [3.05, 3.63) is 68.8 Å². The summed E-state index contributed by atoms with van der Waals surface area (Å²) in [5.41, 5.74) is 2.46. The average Bonchev–Trinajstić information content (AvgIpc) is 3.06. The van der Waals surface area contributed by atoms with Crippen molar-refractivity contribution >= 4 is 11.6 Å². The van der Waals surface area contributed by atoms with Crippen LogP contribution in [0.4, 0.5) is 5.69 Å². The molecule has 0 radical (unpaired) electrons. The summed E-state index contributed by atoms with van der Waals surface area (Å²) >= 11 is 0. The number of nitrogens with one attached hydrogen (secondary N) is 1. The molecule has 25 heavy (non-hydrogen) atoms. The van der Waals surface area contributed by atoms with Crippen molar-refractivity contribution in [1.29, 1.82) is 0 Å². The molecule has 0 fully saturated rings. The Morgan fingerprint density at radius 3 is 2.88 bits per heavy atom. The van der Waals surface area contributed by atoms with Gasteiger partial charge in [0.1, 0.15) is 5.75 Å². The van der Waals surface area contributed by atoms with Gasteiger partial charge in [0.2, 0.25) is 0 Å². The summed E-state index contributed by atoms with van der Waals surface area (Å²) in [5.74, 6) is 0.447. The Kier molecular flexibility index (Phi) is 4.67. The molecule has 0 spiro atoms. The highest BCUT2D eigenvalue weighted by Gasteiger charge is 2.17. The fraction of sp³-hybridized carbons (Fsp3) is 0.278. The van der Waals surface area contributed by atoms with Crippen molar-refractivity contribution in [1.82, 2.24) is 5.32 Å². The van der Waals surface area contributed by atoms with E-state index in [0.29, 0.717) is 23.3 Å². The minimum atomic E-state index is -0.839. The van der Waals surface area contributed by atoms with E-state index in [1.807, 2.05) is 12.1 Å². The van der Waals surface area contributed by atoms with Gasteiger partial charge in [-0.2, -0.15) is 0 Å². The van der Waals surface area contributed by atoms with Crippen LogP contribution in [-0.4, -0.2) is 29.1 Å². The summed E-state index contributed by atoms with van der Waals surface area (Å²) in [5, 5.41) is 23.7. The van der Waals surface area contributed by atoms with E-state index in [-0.39, 0.29) is 18.1 Å². The van der Waals surface area contributed by atoms with E-state index in [4.69, 9.17) is 4.74 Å². The molecule has 1 amide bonds. The van der Waals surface area contributed by atoms with Gasteiger partial charge in [-0.15, -0.1) is 0 Å². The second-order valence-electron chi connectivity index (χ2n) is 5.95. The smallest absolute Gasteiger partial charge is 0.272 e. The van der Waals surface area contributed by atoms with Crippen LogP contribution in [0.25, 0.3) is 0 Å². The van der Waals surface area contributed by atoms with E-state index in [1.165, 1.54) is 18.2 Å². The number of carbonyl (C=O) groups is 1. The van der Waals surface area contributed by atoms with Gasteiger partial charge in [-0.25, -0.2) is 0 Å². The molecule has 0 aliphatic carbocycles. The largest absolute Gasteiger partial charge is 0.493 e. The first-order valence-electron chi connectivity index (χ1n) is 7.92. The predicted octanol–water partition coefficient (Wildman–Crippen LogP) is 2.30. The van der Waals surface area contributed by atoms with Crippen LogP contribution < -0.4 is 10.1 Å². The number of amides is 1. The molecule has 1 aliphatic heterocycles. The number of hydrogen-bond acceptors (Lipinski definition) is 5. The topological polar surface area (TPSA) is 102 Å². The van der Waals surface area contributed by atoms with Crippen LogP contribution in [0, 0.1) is 17.0 Å². The zero-order valence-electron chi connectivity index (χ0n) is 13.7. The van der Waals surface area contributed by atoms with Gasteiger partial charge in [-0.3, -0.25) is 14.9 Å². The second kappa shape index (κ2) is 6.90. The van der Waals surface area contributed by atoms with E-state index in [0.717, 1.165) is 17.7 Å². The molecule has 2 N–H and O–H groups in total. The molecule has 1 aliphatic rings. The lowest BCUT2D eigenvalue weighted by Crippen LogP contribution is -2.28. The normalized spacial score (nSPS) is 13.7. The van der Waals surface area contributed by atoms with E-state index >= 15 is 0 Å². The van der Waals surface area contributed by atoms with E-state index in [9.17, 15) is 20.0 Å². The van der Waals surface area contributed by atoms with Crippen molar-refractivity contribution in [3.63, 3.8) is 0 Å². The third-order valence-electron chi connectivity index (χ3n) is 4.21. The molecule has 1 atom stereocenters. The first-order chi connectivity index (χ1) is 12.0. The molecule has 2 aromatic rings. The molecule has 130 valence electrons. The number of fused-ring (bicyclic) bond motifs is 1. The lowest BCUT2D eigenvalue weighted by molar-refractivity contribution is -0.385. The molecular formula is C18H18N2O5. The van der Waals surface area contributed by atoms with Crippen LogP contribution in [0.2, 0.25) is 0 Å². The summed E-state index contributed by atoms with van der Waals surface area (Å²) in [6, 6.07) is 9.65. The number of ether oxygens (including phenoxy) is 1. The van der Waals surface area contributed by atoms with E-state index in [1.54, 1.807) is 13.0 Å². The lowest BCUT2D eigenvalue weighted by atomic mass is 10.0. The SMILES string of the molecule is Cc1cc(C(=O)NCC(O)c2ccc3c(c2)CCO3)ccc1[N+](=O)[O-]. The minimum absolute atomic E-state index is 0.0306. The van der Waals surface area contributed by atoms with E-state index in [2.05, 4.69) is 5.32 Å². The number of rotatable bonds is 5. The van der Waals surface area contributed by atoms with Crippen molar-refractivity contribution in [2.45, 2.75) is 19.4 Å². The number of aryl methyl sites for hydroxylation is 1. The van der Waals surface area contributed by atoms with Gasteiger partial charge in [0, 0.05) is 30.2 Å². The Morgan fingerprint density at radius 2 is 2.16 bits per heavy atom. The number of hydrogen-bond donors (Lipinski definition) is 2. The molecule has 2 aromatic carbocycles. The first-order valence-corrected chi connectivity index (χ1v) is 7.92. The van der Waals surface area contributed by atoms with Gasteiger partial charge in [-0.05, 0) is 42.3 Å². The summed E-state index contributed by atoms with van der Waals surface area (Å²) in [6.07, 6.45) is -0.0290. The van der Waals surface area contributed by atoms with Crippen LogP contribution in [0.3, 0.4) is 0 Å². The van der Waals surface area contributed by atoms with Crippen LogP contribution in [0.5, 0.6) is 5.75 Å². The van der Waals surface area contributed by atoms with Crippen molar-refractivity contribution in [2.75, 3.05) is 13.2 Å². The predicted molar refractivity (Wildman–Crippen MR) is 90.8 cm³/mol. The number of benzene rings is 2. The highest BCUT2D eigenvalue weighted by Crippen LogP contribution is 2.28. The van der Waals surface area contributed by atoms with Gasteiger partial charge in [0.05, 0.1) is 17.6 Å². The van der Waals surface area contributed by atoms with Crippen LogP contribution in [-0.2, 0) is 6.42 Å². The quantitative estimate of drug-likeness (QED) is 0.641. The van der Waals surface area contributed by atoms with Crippen LogP contribution in [0.1, 0.15) is 33.2 Å². The van der Waals surface area contributed by atoms with Crippen LogP contribution in [0.15, 0.2) is 36.4 Å². The standard InChI is InChI=1S/C18H18N2O5/c1-11-8-14(2-4-15(11)20(23)24)18(22)19-10-16(21)12-3-5-17-13(9-12)6-7-25-17/h2-5,8-9,16,21H,6-7,10H2,1H3,(H,19,22). The monoisotopic (exact) mass is 342 g/mol. The first kappa shape index (κ1) is 16.9. The Labute approximate surface area is 144 Å². The lowest BCUT2D eigenvalue weighted by Gasteiger charge is -2.13. The fourth-order valence-electron chi connectivity index (χ4n) is 2.82. The highest BCUT2D eigenvalue weighted by molar-refractivity contribution is 5.94. The maximum Gasteiger partial charge on any atom is 0.272 e. The molecule has 0 aromatic heterocycles. The van der Waals surface area contributed by atoms with Gasteiger partial charge in [0.25, 0.3) is 11.6 Å². The molecule has 7 nitrogen and oxygen atoms in total. The molecule has 0 bridgehead atoms. The summed E-state index contributed by atoms with van der Waals surface area (Å²) in [6.45, 7) is 2.27. The Bertz CT molecular complexity index is 834. The number of carbonyl (C=O) groups excluding carboxylic acids is 1. The summed E-state index contributed by atoms with van der Waals surface area (Å²) < 4.78 is 5.43. The maximum absolute atomic E-state index is 12.2. The number of nitrogens with zero attached hydrogens (tertiary/aromatic N) is 1. The molecular weight excluding hydrogens is 324 g/mol. The Hall–Kier alpha value is -2.93. The van der Waals surface area contributed by atoms with Gasteiger partial charge in [-0.1, -0.05) is 6.07 Å². The zero-order valence-corrected chi connectivity index (χ0v) is 13.7. The van der Waals surface area contributed by atoms with Crippen molar-refractivity contribution < 1.29 is 19.6 Å². The van der Waals surface area contributed by atoms with Crippen molar-refractivity contribution in [3.8, 4) is 5.75 Å². The highest BCUT2D eigenvalue weighted by atomic mass is 16.6. The molecule has 3 rings (SSSR count). The zero-order chi connectivity index (χ0) is 18.0. The number of aliphatic hydroxyl groups is 1. The van der Waals surface area contributed by atoms with Crippen LogP contribution >= 0.6 is 0 Å². The van der Waals surface area contributed by atoms with Gasteiger partial charge >= 0.3 is 0 Å². The second-order valence-corrected chi connectivity index (χ2v) is 5.95. The van der Waals surface area contributed by atoms with E-state index < -0.39 is 11.0 Å². The van der Waals surface area contributed by atoms with Gasteiger partial charge in [0.15, 0.2) is 0 Å². The Morgan fingerprint density at radius 1 is 1.36 bits per heavy atom. The Balaban J connectivity index is 1.64. The summed E-state index contributed by atoms with van der Waals surface area (Å²) in [4.78, 5) is 22.5. The molecule has 1 heterocycles. The molecule has 1 unspecified atom stereocenters. The average molecular weight is 342 g/mol. The number of nitro benzene ring substituents is 1. The molecule has 0 saturated carbocycles. The third-order valence-corrected chi connectivity index (χ3v) is 4.21. The fourth-order valence-corrected chi connectivity index (χ4v) is 2.82. The van der Waals surface area contributed by atoms with Gasteiger partial charge < -0.3 is 15.2 Å².